The van der Waals surface area contributed by atoms with Crippen LogP contribution in [0, 0.1) is 0 Å². The smallest absolute Gasteiger partial charge is 0.258 e. The van der Waals surface area contributed by atoms with E-state index in [0.29, 0.717) is 45.5 Å². The van der Waals surface area contributed by atoms with E-state index < -0.39 is 6.04 Å². The summed E-state index contributed by atoms with van der Waals surface area (Å²) in [6.45, 7) is 1.45. The molecule has 0 bridgehead atoms. The number of para-hydroxylation sites is 1. The van der Waals surface area contributed by atoms with Gasteiger partial charge in [0.15, 0.2) is 11.5 Å². The molecule has 0 saturated heterocycles. The largest absolute Gasteiger partial charge is 0.493 e. The Balaban J connectivity index is 1.70. The number of carbonyl (C=O) groups is 1. The molecule has 3 aromatic carbocycles. The molecular weight excluding hydrogens is 506 g/mol. The van der Waals surface area contributed by atoms with Crippen LogP contribution < -0.4 is 19.8 Å². The first-order valence-electron chi connectivity index (χ1n) is 11.9. The molecule has 8 nitrogen and oxygen atoms in total. The highest BCUT2D eigenvalue weighted by Gasteiger charge is 2.35. The lowest BCUT2D eigenvalue weighted by molar-refractivity contribution is -0.130. The van der Waals surface area contributed by atoms with Crippen LogP contribution in [-0.4, -0.2) is 42.9 Å². The van der Waals surface area contributed by atoms with Crippen LogP contribution in [-0.2, 0) is 4.79 Å². The van der Waals surface area contributed by atoms with E-state index in [1.54, 1.807) is 24.3 Å². The molecular formula is C29H26ClN3O5. The number of hydrogen-bond acceptors (Lipinski definition) is 6. The second kappa shape index (κ2) is 10.2. The van der Waals surface area contributed by atoms with E-state index in [2.05, 4.69) is 10.1 Å². The molecule has 1 amide bonds. The maximum absolute atomic E-state index is 13.6. The molecule has 1 aliphatic rings. The number of nitrogens with one attached hydrogen (secondary N) is 1. The van der Waals surface area contributed by atoms with Gasteiger partial charge in [0.05, 0.1) is 38.6 Å². The van der Waals surface area contributed by atoms with Crippen LogP contribution in [0.4, 0.5) is 0 Å². The van der Waals surface area contributed by atoms with Gasteiger partial charge in [-0.05, 0) is 41.5 Å². The number of pyridine rings is 1. The molecule has 0 spiro atoms. The fourth-order valence-electron chi connectivity index (χ4n) is 4.94. The Hall–Kier alpha value is -4.30. The van der Waals surface area contributed by atoms with Gasteiger partial charge in [-0.25, -0.2) is 5.01 Å². The lowest BCUT2D eigenvalue weighted by Gasteiger charge is -2.22. The van der Waals surface area contributed by atoms with Crippen molar-refractivity contribution in [3.63, 3.8) is 0 Å². The van der Waals surface area contributed by atoms with Gasteiger partial charge in [-0.1, -0.05) is 41.9 Å². The van der Waals surface area contributed by atoms with Gasteiger partial charge < -0.3 is 19.2 Å². The van der Waals surface area contributed by atoms with Crippen molar-refractivity contribution in [1.82, 2.24) is 9.99 Å². The highest BCUT2D eigenvalue weighted by molar-refractivity contribution is 6.30. The minimum atomic E-state index is -0.486. The average Bonchev–Trinajstić information content (AvgIpc) is 3.37. The predicted molar refractivity (Wildman–Crippen MR) is 148 cm³/mol. The summed E-state index contributed by atoms with van der Waals surface area (Å²) < 4.78 is 16.5. The standard InChI is InChI=1S/C29H26ClN3O5/c1-16(34)33-23(18-13-24(36-2)28(38-4)25(14-18)37-3)15-22(32-33)27-26(17-9-11-19(30)12-10-17)20-7-5-6-8-21(20)31-29(27)35/h5-14,23H,15H2,1-4H3,(H,31,35)/t23-/m1/s1. The molecule has 5 rings (SSSR count). The molecule has 0 aliphatic carbocycles. The number of carbonyl (C=O) groups excluding carboxylic acids is 1. The second-order valence-electron chi connectivity index (χ2n) is 8.85. The number of nitrogens with zero attached hydrogens (tertiary/aromatic N) is 2. The molecule has 2 heterocycles. The molecule has 0 saturated carbocycles. The van der Waals surface area contributed by atoms with Gasteiger partial charge in [0.25, 0.3) is 5.56 Å². The average molecular weight is 532 g/mol. The van der Waals surface area contributed by atoms with Crippen molar-refractivity contribution in [2.45, 2.75) is 19.4 Å². The van der Waals surface area contributed by atoms with Crippen molar-refractivity contribution >= 4 is 34.1 Å². The number of aromatic amines is 1. The van der Waals surface area contributed by atoms with Crippen LogP contribution in [0.2, 0.25) is 5.02 Å². The van der Waals surface area contributed by atoms with Crippen LogP contribution >= 0.6 is 11.6 Å². The minimum Gasteiger partial charge on any atom is -0.493 e. The van der Waals surface area contributed by atoms with Crippen molar-refractivity contribution in [3.05, 3.63) is 87.2 Å². The summed E-state index contributed by atoms with van der Waals surface area (Å²) in [4.78, 5) is 29.3. The molecule has 194 valence electrons. The Kier molecular flexibility index (Phi) is 6.82. The SMILES string of the molecule is COc1cc([C@H]2CC(c3c(-c4ccc(Cl)cc4)c4ccccc4[nH]c3=O)=NN2C(C)=O)cc(OC)c1OC. The summed E-state index contributed by atoms with van der Waals surface area (Å²) in [6.07, 6.45) is 0.306. The number of amides is 1. The Bertz CT molecular complexity index is 1600. The normalized spacial score (nSPS) is 14.9. The van der Waals surface area contributed by atoms with Gasteiger partial charge in [0.2, 0.25) is 11.7 Å². The zero-order valence-electron chi connectivity index (χ0n) is 21.4. The van der Waals surface area contributed by atoms with Gasteiger partial charge in [-0.3, -0.25) is 9.59 Å². The molecule has 38 heavy (non-hydrogen) atoms. The van der Waals surface area contributed by atoms with Gasteiger partial charge in [-0.2, -0.15) is 5.10 Å². The molecule has 0 fully saturated rings. The molecule has 4 aromatic rings. The van der Waals surface area contributed by atoms with Gasteiger partial charge in [-0.15, -0.1) is 0 Å². The monoisotopic (exact) mass is 531 g/mol. The van der Waals surface area contributed by atoms with Crippen molar-refractivity contribution < 1.29 is 19.0 Å². The first-order chi connectivity index (χ1) is 18.4. The van der Waals surface area contributed by atoms with E-state index in [4.69, 9.17) is 25.8 Å². The lowest BCUT2D eigenvalue weighted by Crippen LogP contribution is -2.24. The summed E-state index contributed by atoms with van der Waals surface area (Å²) in [5.41, 5.74) is 3.60. The third kappa shape index (κ3) is 4.37. The van der Waals surface area contributed by atoms with Crippen molar-refractivity contribution in [1.29, 1.82) is 0 Å². The van der Waals surface area contributed by atoms with E-state index in [1.807, 2.05) is 36.4 Å². The Labute approximate surface area is 224 Å². The molecule has 1 atom stereocenters. The van der Waals surface area contributed by atoms with Crippen molar-refractivity contribution in [2.75, 3.05) is 21.3 Å². The van der Waals surface area contributed by atoms with E-state index >= 15 is 0 Å². The zero-order chi connectivity index (χ0) is 27.0. The summed E-state index contributed by atoms with van der Waals surface area (Å²) in [7, 11) is 4.60. The quantitative estimate of drug-likeness (QED) is 0.351. The predicted octanol–water partition coefficient (Wildman–Crippen LogP) is 5.57. The molecule has 1 N–H and O–H groups in total. The first-order valence-corrected chi connectivity index (χ1v) is 12.3. The summed E-state index contributed by atoms with van der Waals surface area (Å²) in [5, 5.41) is 7.53. The maximum Gasteiger partial charge on any atom is 0.258 e. The maximum atomic E-state index is 13.6. The molecule has 0 unspecified atom stereocenters. The van der Waals surface area contributed by atoms with E-state index in [0.717, 1.165) is 22.1 Å². The summed E-state index contributed by atoms with van der Waals surface area (Å²) in [6, 6.07) is 18.0. The molecule has 1 aliphatic heterocycles. The number of H-pyrrole nitrogens is 1. The summed E-state index contributed by atoms with van der Waals surface area (Å²) >= 11 is 6.16. The number of hydrazone groups is 1. The number of methoxy groups -OCH3 is 3. The highest BCUT2D eigenvalue weighted by Crippen LogP contribution is 2.43. The topological polar surface area (TPSA) is 93.2 Å². The van der Waals surface area contributed by atoms with Gasteiger partial charge in [0.1, 0.15) is 0 Å². The zero-order valence-corrected chi connectivity index (χ0v) is 22.1. The van der Waals surface area contributed by atoms with Crippen molar-refractivity contribution in [2.24, 2.45) is 5.10 Å². The van der Waals surface area contributed by atoms with E-state index in [9.17, 15) is 9.59 Å². The molecule has 0 radical (unpaired) electrons. The Morgan fingerprint density at radius 1 is 0.974 bits per heavy atom. The third-order valence-corrected chi connectivity index (χ3v) is 6.90. The number of ether oxygens (including phenoxy) is 3. The molecule has 1 aromatic heterocycles. The number of aromatic nitrogens is 1. The van der Waals surface area contributed by atoms with Crippen LogP contribution in [0.5, 0.6) is 17.2 Å². The van der Waals surface area contributed by atoms with Crippen LogP contribution in [0.25, 0.3) is 22.0 Å². The van der Waals surface area contributed by atoms with E-state index in [1.165, 1.54) is 33.3 Å². The lowest BCUT2D eigenvalue weighted by atomic mass is 9.91. The van der Waals surface area contributed by atoms with Gasteiger partial charge >= 0.3 is 0 Å². The highest BCUT2D eigenvalue weighted by atomic mass is 35.5. The summed E-state index contributed by atoms with van der Waals surface area (Å²) in [5.74, 6) is 1.11. The number of hydrogen-bond donors (Lipinski definition) is 1. The molecule has 9 heteroatoms. The first kappa shape index (κ1) is 25.4. The minimum absolute atomic E-state index is 0.260. The number of halogens is 1. The van der Waals surface area contributed by atoms with Crippen LogP contribution in [0.1, 0.15) is 30.5 Å². The fraction of sp³-hybridized carbons (Fsp3) is 0.207. The fourth-order valence-corrected chi connectivity index (χ4v) is 5.07. The van der Waals surface area contributed by atoms with Crippen LogP contribution in [0.3, 0.4) is 0 Å². The number of benzene rings is 3. The third-order valence-electron chi connectivity index (χ3n) is 6.65. The van der Waals surface area contributed by atoms with Crippen LogP contribution in [0.15, 0.2) is 70.6 Å². The Morgan fingerprint density at radius 2 is 1.63 bits per heavy atom. The number of rotatable bonds is 6. The Morgan fingerprint density at radius 3 is 2.24 bits per heavy atom. The second-order valence-corrected chi connectivity index (χ2v) is 9.28. The van der Waals surface area contributed by atoms with Crippen molar-refractivity contribution in [3.8, 4) is 28.4 Å². The number of fused-ring (bicyclic) bond motifs is 1. The van der Waals surface area contributed by atoms with E-state index in [-0.39, 0.29) is 11.5 Å². The van der Waals surface area contributed by atoms with Gasteiger partial charge in [0, 0.05) is 34.8 Å².